The Morgan fingerprint density at radius 3 is 2.95 bits per heavy atom. The van der Waals surface area contributed by atoms with Gasteiger partial charge < -0.3 is 14.8 Å². The lowest BCUT2D eigenvalue weighted by Gasteiger charge is -2.11. The number of carbonyl (C=O) groups excluding carboxylic acids is 2. The summed E-state index contributed by atoms with van der Waals surface area (Å²) in [6, 6.07) is 7.90. The van der Waals surface area contributed by atoms with E-state index in [2.05, 4.69) is 14.9 Å². The predicted molar refractivity (Wildman–Crippen MR) is 76.2 cm³/mol. The molecule has 0 saturated carbocycles. The van der Waals surface area contributed by atoms with Gasteiger partial charge in [-0.15, -0.1) is 0 Å². The lowest BCUT2D eigenvalue weighted by molar-refractivity contribution is -0.127. The van der Waals surface area contributed by atoms with Crippen LogP contribution < -0.4 is 5.32 Å². The van der Waals surface area contributed by atoms with E-state index in [0.29, 0.717) is 19.5 Å². The topological polar surface area (TPSA) is 67.2 Å². The number of nitrogens with zero attached hydrogens (tertiary/aromatic N) is 3. The molecule has 2 rings (SSSR count). The first-order chi connectivity index (χ1) is 9.61. The molecule has 0 fully saturated rings. The molecule has 0 atom stereocenters. The molecule has 0 spiro atoms. The number of benzene rings is 1. The number of aryl methyl sites for hydroxylation is 1. The molecule has 0 aliphatic heterocycles. The third-order valence-electron chi connectivity index (χ3n) is 3.08. The molecule has 2 amide bonds. The Bertz CT molecular complexity index is 621. The Kier molecular flexibility index (Phi) is 4.34. The molecule has 0 aliphatic rings. The normalized spacial score (nSPS) is 10.5. The highest BCUT2D eigenvalue weighted by Gasteiger charge is 2.07. The third-order valence-corrected chi connectivity index (χ3v) is 3.08. The van der Waals surface area contributed by atoms with Crippen LogP contribution in [0, 0.1) is 6.92 Å². The maximum Gasteiger partial charge on any atom is 0.239 e. The van der Waals surface area contributed by atoms with Crippen LogP contribution >= 0.6 is 0 Å². The summed E-state index contributed by atoms with van der Waals surface area (Å²) in [7, 11) is 1.57. The molecular formula is C14H18N4O2. The summed E-state index contributed by atoms with van der Waals surface area (Å²) in [6.45, 7) is 3.19. The number of likely N-dealkylation sites (N-methyl/N-ethyl adjacent to an activating group) is 1. The van der Waals surface area contributed by atoms with Gasteiger partial charge in [-0.2, -0.15) is 0 Å². The van der Waals surface area contributed by atoms with Gasteiger partial charge in [0.15, 0.2) is 0 Å². The molecule has 1 aromatic carbocycles. The Labute approximate surface area is 117 Å². The lowest BCUT2D eigenvalue weighted by atomic mass is 10.3. The molecule has 0 saturated heterocycles. The zero-order chi connectivity index (χ0) is 14.5. The minimum atomic E-state index is -0.165. The van der Waals surface area contributed by atoms with E-state index < -0.39 is 0 Å². The summed E-state index contributed by atoms with van der Waals surface area (Å²) < 4.78 is 2.07. The molecule has 20 heavy (non-hydrogen) atoms. The smallest absolute Gasteiger partial charge is 0.239 e. The van der Waals surface area contributed by atoms with Crippen molar-refractivity contribution in [3.63, 3.8) is 0 Å². The summed E-state index contributed by atoms with van der Waals surface area (Å²) in [5.74, 6) is 0.757. The van der Waals surface area contributed by atoms with E-state index in [-0.39, 0.29) is 12.5 Å². The van der Waals surface area contributed by atoms with Crippen molar-refractivity contribution in [3.8, 4) is 0 Å². The number of para-hydroxylation sites is 2. The lowest BCUT2D eigenvalue weighted by Crippen LogP contribution is -2.36. The molecule has 0 unspecified atom stereocenters. The number of hydrogen-bond acceptors (Lipinski definition) is 3. The highest BCUT2D eigenvalue weighted by atomic mass is 16.2. The number of nitrogens with one attached hydrogen (secondary N) is 1. The fourth-order valence-electron chi connectivity index (χ4n) is 2.11. The second kappa shape index (κ2) is 6.18. The Hall–Kier alpha value is -2.37. The zero-order valence-electron chi connectivity index (χ0n) is 11.7. The Morgan fingerprint density at radius 2 is 2.20 bits per heavy atom. The Balaban J connectivity index is 1.95. The summed E-state index contributed by atoms with van der Waals surface area (Å²) in [5.41, 5.74) is 2.02. The Morgan fingerprint density at radius 1 is 1.45 bits per heavy atom. The predicted octanol–water partition coefficient (Wildman–Crippen LogP) is 0.549. The zero-order valence-corrected chi connectivity index (χ0v) is 11.7. The van der Waals surface area contributed by atoms with Crippen LogP contribution in [0.25, 0.3) is 11.0 Å². The van der Waals surface area contributed by atoms with Gasteiger partial charge in [-0.25, -0.2) is 4.98 Å². The van der Waals surface area contributed by atoms with Crippen molar-refractivity contribution in [1.29, 1.82) is 0 Å². The van der Waals surface area contributed by atoms with Gasteiger partial charge in [0, 0.05) is 20.1 Å². The summed E-state index contributed by atoms with van der Waals surface area (Å²) >= 11 is 0. The van der Waals surface area contributed by atoms with E-state index in [0.717, 1.165) is 16.9 Å². The van der Waals surface area contributed by atoms with Gasteiger partial charge in [-0.3, -0.25) is 9.59 Å². The van der Waals surface area contributed by atoms with Gasteiger partial charge >= 0.3 is 0 Å². The number of aromatic nitrogens is 2. The van der Waals surface area contributed by atoms with Crippen molar-refractivity contribution in [2.75, 3.05) is 20.1 Å². The number of hydrogen-bond donors (Lipinski definition) is 1. The maximum absolute atomic E-state index is 11.6. The van der Waals surface area contributed by atoms with Crippen LogP contribution in [0.15, 0.2) is 24.3 Å². The van der Waals surface area contributed by atoms with Crippen LogP contribution in [-0.4, -0.2) is 46.9 Å². The first-order valence-electron chi connectivity index (χ1n) is 6.46. The van der Waals surface area contributed by atoms with Gasteiger partial charge in [0.2, 0.25) is 12.3 Å². The van der Waals surface area contributed by atoms with Gasteiger partial charge in [0.25, 0.3) is 0 Å². The molecule has 106 valence electrons. The van der Waals surface area contributed by atoms with E-state index in [1.807, 2.05) is 31.2 Å². The van der Waals surface area contributed by atoms with Crippen LogP contribution in [0.3, 0.4) is 0 Å². The van der Waals surface area contributed by atoms with Crippen LogP contribution in [0.4, 0.5) is 0 Å². The second-order valence-corrected chi connectivity index (χ2v) is 4.67. The van der Waals surface area contributed by atoms with Crippen LogP contribution in [-0.2, 0) is 16.1 Å². The van der Waals surface area contributed by atoms with Crippen LogP contribution in [0.2, 0.25) is 0 Å². The summed E-state index contributed by atoms with van der Waals surface area (Å²) in [5, 5.41) is 2.79. The second-order valence-electron chi connectivity index (χ2n) is 4.67. The number of carbonyl (C=O) groups is 2. The number of imidazole rings is 1. The fraction of sp³-hybridized carbons (Fsp3) is 0.357. The standard InChI is InChI=1S/C14H18N4O2/c1-11-16-12-5-3-4-6-13(12)18(11)8-7-15-14(20)9-17(2)10-19/h3-6,10H,7-9H2,1-2H3,(H,15,20). The van der Waals surface area contributed by atoms with Crippen LogP contribution in [0.5, 0.6) is 0 Å². The van der Waals surface area contributed by atoms with Gasteiger partial charge in [0.05, 0.1) is 17.6 Å². The number of amides is 2. The average molecular weight is 274 g/mol. The van der Waals surface area contributed by atoms with E-state index in [1.165, 1.54) is 4.90 Å². The van der Waals surface area contributed by atoms with Crippen molar-refractivity contribution in [2.45, 2.75) is 13.5 Å². The highest BCUT2D eigenvalue weighted by Crippen LogP contribution is 2.14. The minimum Gasteiger partial charge on any atom is -0.353 e. The summed E-state index contributed by atoms with van der Waals surface area (Å²) in [4.78, 5) is 27.7. The first kappa shape index (κ1) is 14.0. The van der Waals surface area contributed by atoms with Gasteiger partial charge in [0.1, 0.15) is 5.82 Å². The average Bonchev–Trinajstić information content (AvgIpc) is 2.75. The monoisotopic (exact) mass is 274 g/mol. The maximum atomic E-state index is 11.6. The van der Waals surface area contributed by atoms with Crippen molar-refractivity contribution in [2.24, 2.45) is 0 Å². The molecule has 6 nitrogen and oxygen atoms in total. The minimum absolute atomic E-state index is 0.0765. The van der Waals surface area contributed by atoms with E-state index >= 15 is 0 Å². The van der Waals surface area contributed by atoms with Gasteiger partial charge in [-0.05, 0) is 19.1 Å². The van der Waals surface area contributed by atoms with Gasteiger partial charge in [-0.1, -0.05) is 12.1 Å². The van der Waals surface area contributed by atoms with Crippen LogP contribution in [0.1, 0.15) is 5.82 Å². The third kappa shape index (κ3) is 3.14. The number of fused-ring (bicyclic) bond motifs is 1. The first-order valence-corrected chi connectivity index (χ1v) is 6.46. The van der Waals surface area contributed by atoms with Crippen molar-refractivity contribution >= 4 is 23.4 Å². The van der Waals surface area contributed by atoms with E-state index in [4.69, 9.17) is 0 Å². The van der Waals surface area contributed by atoms with Crippen molar-refractivity contribution in [3.05, 3.63) is 30.1 Å². The molecule has 2 aromatic rings. The molecule has 0 radical (unpaired) electrons. The van der Waals surface area contributed by atoms with Crippen molar-refractivity contribution < 1.29 is 9.59 Å². The quantitative estimate of drug-likeness (QED) is 0.782. The molecular weight excluding hydrogens is 256 g/mol. The molecule has 1 aromatic heterocycles. The number of rotatable bonds is 6. The van der Waals surface area contributed by atoms with E-state index in [1.54, 1.807) is 7.05 Å². The summed E-state index contributed by atoms with van der Waals surface area (Å²) in [6.07, 6.45) is 0.632. The fourth-order valence-corrected chi connectivity index (χ4v) is 2.11. The van der Waals surface area contributed by atoms with E-state index in [9.17, 15) is 9.59 Å². The largest absolute Gasteiger partial charge is 0.353 e. The molecule has 6 heteroatoms. The molecule has 0 bridgehead atoms. The SMILES string of the molecule is Cc1nc2ccccc2n1CCNC(=O)CN(C)C=O. The van der Waals surface area contributed by atoms with Crippen molar-refractivity contribution in [1.82, 2.24) is 19.8 Å². The molecule has 1 heterocycles. The highest BCUT2D eigenvalue weighted by molar-refractivity contribution is 5.79. The molecule has 0 aliphatic carbocycles. The molecule has 1 N–H and O–H groups in total.